The zero-order valence-electron chi connectivity index (χ0n) is 9.79. The third-order valence-electron chi connectivity index (χ3n) is 2.44. The molecule has 0 aromatic carbocycles. The summed E-state index contributed by atoms with van der Waals surface area (Å²) in [5.74, 6) is 0.406. The normalized spacial score (nSPS) is 10.6. The Morgan fingerprint density at radius 3 is 2.74 bits per heavy atom. The zero-order chi connectivity index (χ0) is 13.1. The van der Waals surface area contributed by atoms with Crippen molar-refractivity contribution in [2.75, 3.05) is 5.32 Å². The van der Waals surface area contributed by atoms with Crippen LogP contribution in [0.2, 0.25) is 5.15 Å². The minimum atomic E-state index is 0.279. The predicted octanol–water partition coefficient (Wildman–Crippen LogP) is 2.08. The molecule has 0 fully saturated rings. The van der Waals surface area contributed by atoms with Crippen molar-refractivity contribution in [3.05, 3.63) is 47.6 Å². The number of rotatable bonds is 3. The lowest BCUT2D eigenvalue weighted by Crippen LogP contribution is -2.06. The molecule has 0 atom stereocenters. The van der Waals surface area contributed by atoms with Crippen molar-refractivity contribution in [2.24, 2.45) is 0 Å². The Bertz CT molecular complexity index is 703. The van der Waals surface area contributed by atoms with Crippen LogP contribution in [-0.2, 0) is 6.54 Å². The van der Waals surface area contributed by atoms with Crippen LogP contribution in [0.4, 0.5) is 5.95 Å². The van der Waals surface area contributed by atoms with E-state index < -0.39 is 0 Å². The maximum absolute atomic E-state index is 6.03. The van der Waals surface area contributed by atoms with Crippen LogP contribution in [0.25, 0.3) is 11.2 Å². The molecule has 3 heterocycles. The molecule has 0 saturated carbocycles. The highest BCUT2D eigenvalue weighted by atomic mass is 35.5. The number of halogens is 1. The molecule has 0 amide bonds. The fraction of sp³-hybridized carbons (Fsp3) is 0.0833. The second kappa shape index (κ2) is 5.11. The first-order chi connectivity index (χ1) is 9.33. The Morgan fingerprint density at radius 2 is 1.89 bits per heavy atom. The van der Waals surface area contributed by atoms with Gasteiger partial charge in [-0.3, -0.25) is 4.98 Å². The van der Waals surface area contributed by atoms with Gasteiger partial charge >= 0.3 is 0 Å². The molecule has 94 valence electrons. The number of fused-ring (bicyclic) bond motifs is 1. The van der Waals surface area contributed by atoms with Crippen LogP contribution in [0.5, 0.6) is 0 Å². The van der Waals surface area contributed by atoms with Crippen molar-refractivity contribution in [3.8, 4) is 0 Å². The summed E-state index contributed by atoms with van der Waals surface area (Å²) in [6, 6.07) is 5.70. The Balaban J connectivity index is 1.85. The van der Waals surface area contributed by atoms with Crippen LogP contribution in [-0.4, -0.2) is 24.9 Å². The van der Waals surface area contributed by atoms with Crippen molar-refractivity contribution < 1.29 is 0 Å². The summed E-state index contributed by atoms with van der Waals surface area (Å²) in [6.45, 7) is 0.517. The lowest BCUT2D eigenvalue weighted by atomic mass is 10.3. The lowest BCUT2D eigenvalue weighted by molar-refractivity contribution is 1.00. The van der Waals surface area contributed by atoms with Gasteiger partial charge in [-0.1, -0.05) is 17.7 Å². The molecular weight excluding hydrogens is 264 g/mol. The summed E-state index contributed by atoms with van der Waals surface area (Å²) in [5.41, 5.74) is 1.85. The van der Waals surface area contributed by atoms with E-state index in [1.165, 1.54) is 0 Å². The van der Waals surface area contributed by atoms with Crippen LogP contribution in [0.15, 0.2) is 36.8 Å². The van der Waals surface area contributed by atoms with Gasteiger partial charge in [0.2, 0.25) is 5.95 Å². The Hall–Kier alpha value is -2.34. The smallest absolute Gasteiger partial charge is 0.226 e. The zero-order valence-corrected chi connectivity index (χ0v) is 10.5. The molecule has 6 nitrogen and oxygen atoms in total. The van der Waals surface area contributed by atoms with Crippen molar-refractivity contribution in [3.63, 3.8) is 0 Å². The monoisotopic (exact) mass is 272 g/mol. The molecule has 0 saturated heterocycles. The third-order valence-corrected chi connectivity index (χ3v) is 2.71. The molecule has 0 unspecified atom stereocenters. The molecule has 7 heteroatoms. The van der Waals surface area contributed by atoms with Gasteiger partial charge in [-0.15, -0.1) is 0 Å². The van der Waals surface area contributed by atoms with Gasteiger partial charge in [-0.25, -0.2) is 9.97 Å². The number of pyridine rings is 1. The van der Waals surface area contributed by atoms with Gasteiger partial charge in [0.15, 0.2) is 10.8 Å². The van der Waals surface area contributed by atoms with E-state index in [4.69, 9.17) is 11.6 Å². The molecule has 0 bridgehead atoms. The average molecular weight is 273 g/mol. The van der Waals surface area contributed by atoms with Gasteiger partial charge in [0.25, 0.3) is 0 Å². The molecule has 3 aromatic heterocycles. The minimum Gasteiger partial charge on any atom is -0.348 e. The highest BCUT2D eigenvalue weighted by Crippen LogP contribution is 2.17. The Morgan fingerprint density at radius 1 is 1.00 bits per heavy atom. The molecule has 0 aliphatic rings. The van der Waals surface area contributed by atoms with Crippen molar-refractivity contribution >= 4 is 28.7 Å². The molecule has 0 aliphatic heterocycles. The second-order valence-electron chi connectivity index (χ2n) is 3.74. The van der Waals surface area contributed by atoms with Crippen LogP contribution in [0.1, 0.15) is 5.69 Å². The number of nitrogens with one attached hydrogen (secondary N) is 1. The molecule has 0 spiro atoms. The van der Waals surface area contributed by atoms with E-state index in [1.54, 1.807) is 18.6 Å². The number of hydrogen-bond acceptors (Lipinski definition) is 6. The quantitative estimate of drug-likeness (QED) is 0.736. The van der Waals surface area contributed by atoms with E-state index in [2.05, 4.69) is 30.2 Å². The van der Waals surface area contributed by atoms with Gasteiger partial charge in [-0.2, -0.15) is 9.97 Å². The summed E-state index contributed by atoms with van der Waals surface area (Å²) < 4.78 is 0. The van der Waals surface area contributed by atoms with Crippen LogP contribution in [0, 0.1) is 0 Å². The maximum atomic E-state index is 6.03. The number of anilines is 1. The minimum absolute atomic E-state index is 0.279. The second-order valence-corrected chi connectivity index (χ2v) is 4.10. The first-order valence-corrected chi connectivity index (χ1v) is 5.99. The van der Waals surface area contributed by atoms with E-state index >= 15 is 0 Å². The van der Waals surface area contributed by atoms with E-state index in [1.807, 2.05) is 18.2 Å². The number of aromatic nitrogens is 5. The lowest BCUT2D eigenvalue weighted by Gasteiger charge is -2.05. The summed E-state index contributed by atoms with van der Waals surface area (Å²) in [6.07, 6.45) is 4.85. The third kappa shape index (κ3) is 2.58. The number of nitrogens with zero attached hydrogens (tertiary/aromatic N) is 5. The van der Waals surface area contributed by atoms with Crippen LogP contribution < -0.4 is 5.32 Å². The summed E-state index contributed by atoms with van der Waals surface area (Å²) >= 11 is 6.03. The van der Waals surface area contributed by atoms with Crippen LogP contribution in [0.3, 0.4) is 0 Å². The topological polar surface area (TPSA) is 76.5 Å². The highest BCUT2D eigenvalue weighted by Gasteiger charge is 2.07. The van der Waals surface area contributed by atoms with Gasteiger partial charge in [0.05, 0.1) is 12.2 Å². The van der Waals surface area contributed by atoms with E-state index in [0.717, 1.165) is 5.69 Å². The SMILES string of the molecule is Clc1nc(NCc2ccccn2)nc2nccnc12. The summed E-state index contributed by atoms with van der Waals surface area (Å²) in [7, 11) is 0. The predicted molar refractivity (Wildman–Crippen MR) is 71.7 cm³/mol. The van der Waals surface area contributed by atoms with E-state index in [-0.39, 0.29) is 5.15 Å². The molecule has 19 heavy (non-hydrogen) atoms. The van der Waals surface area contributed by atoms with Gasteiger partial charge in [0, 0.05) is 18.6 Å². The maximum Gasteiger partial charge on any atom is 0.226 e. The van der Waals surface area contributed by atoms with Gasteiger partial charge in [0.1, 0.15) is 5.52 Å². The van der Waals surface area contributed by atoms with Gasteiger partial charge in [-0.05, 0) is 12.1 Å². The van der Waals surface area contributed by atoms with E-state index in [0.29, 0.717) is 23.7 Å². The average Bonchev–Trinajstić information content (AvgIpc) is 2.46. The fourth-order valence-electron chi connectivity index (χ4n) is 1.58. The molecule has 3 aromatic rings. The standard InChI is InChI=1S/C12H9ClN6/c13-10-9-11(16-6-5-15-9)19-12(18-10)17-7-8-3-1-2-4-14-8/h1-6H,7H2,(H,16,17,18,19). The Labute approximate surface area is 113 Å². The highest BCUT2D eigenvalue weighted by molar-refractivity contribution is 6.33. The summed E-state index contributed by atoms with van der Waals surface area (Å²) in [5, 5.41) is 3.34. The van der Waals surface area contributed by atoms with Crippen molar-refractivity contribution in [1.82, 2.24) is 24.9 Å². The van der Waals surface area contributed by atoms with Crippen LogP contribution >= 0.6 is 11.6 Å². The molecule has 0 radical (unpaired) electrons. The fourth-order valence-corrected chi connectivity index (χ4v) is 1.79. The van der Waals surface area contributed by atoms with Crippen molar-refractivity contribution in [2.45, 2.75) is 6.54 Å². The van der Waals surface area contributed by atoms with E-state index in [9.17, 15) is 0 Å². The molecule has 1 N–H and O–H groups in total. The molecular formula is C12H9ClN6. The Kier molecular flexibility index (Phi) is 3.16. The van der Waals surface area contributed by atoms with Crippen molar-refractivity contribution in [1.29, 1.82) is 0 Å². The number of hydrogen-bond donors (Lipinski definition) is 1. The first-order valence-electron chi connectivity index (χ1n) is 5.61. The first kappa shape index (κ1) is 11.7. The van der Waals surface area contributed by atoms with Gasteiger partial charge < -0.3 is 5.32 Å². The molecule has 0 aliphatic carbocycles. The molecule has 3 rings (SSSR count). The summed E-state index contributed by atoms with van der Waals surface area (Å²) in [4.78, 5) is 20.8. The largest absolute Gasteiger partial charge is 0.348 e.